The number of amides is 1. The molecular weight excluding hydrogens is 247 g/mol. The van der Waals surface area contributed by atoms with Gasteiger partial charge in [-0.1, -0.05) is 30.3 Å². The maximum Gasteiger partial charge on any atom is 0.253 e. The number of nitrogens with one attached hydrogen (secondary N) is 1. The normalized spacial score (nSPS) is 11.9. The monoisotopic (exact) mass is 260 g/mol. The largest absolute Gasteiger partial charge is 0.387 e. The predicted molar refractivity (Wildman–Crippen MR) is 67.9 cm³/mol. The molecule has 0 aliphatic heterocycles. The van der Waals surface area contributed by atoms with Crippen LogP contribution in [0.5, 0.6) is 0 Å². The first kappa shape index (κ1) is 13.2. The average Bonchev–Trinajstić information content (AvgIpc) is 2.45. The van der Waals surface area contributed by atoms with Crippen LogP contribution in [0.2, 0.25) is 0 Å². The van der Waals surface area contributed by atoms with Gasteiger partial charge in [0.1, 0.15) is 5.82 Å². The number of aliphatic hydroxyl groups excluding tert-OH is 1. The van der Waals surface area contributed by atoms with Crippen molar-refractivity contribution < 1.29 is 14.3 Å². The third-order valence-corrected chi connectivity index (χ3v) is 2.61. The number of pyridine rings is 1. The molecule has 19 heavy (non-hydrogen) atoms. The Morgan fingerprint density at radius 1 is 1.32 bits per heavy atom. The van der Waals surface area contributed by atoms with Gasteiger partial charge in [-0.15, -0.1) is 0 Å². The van der Waals surface area contributed by atoms with Crippen LogP contribution in [0.25, 0.3) is 0 Å². The molecule has 1 amide bonds. The molecule has 0 saturated carbocycles. The molecule has 5 heteroatoms. The highest BCUT2D eigenvalue weighted by Crippen LogP contribution is 2.10. The van der Waals surface area contributed by atoms with Gasteiger partial charge >= 0.3 is 0 Å². The van der Waals surface area contributed by atoms with E-state index in [1.54, 1.807) is 24.3 Å². The lowest BCUT2D eigenvalue weighted by Gasteiger charge is -2.12. The summed E-state index contributed by atoms with van der Waals surface area (Å²) in [6.45, 7) is 0.0549. The molecule has 0 fully saturated rings. The van der Waals surface area contributed by atoms with Crippen molar-refractivity contribution in [2.45, 2.75) is 6.10 Å². The van der Waals surface area contributed by atoms with Crippen molar-refractivity contribution in [2.24, 2.45) is 0 Å². The smallest absolute Gasteiger partial charge is 0.253 e. The molecule has 1 atom stereocenters. The van der Waals surface area contributed by atoms with E-state index in [1.165, 1.54) is 6.20 Å². The summed E-state index contributed by atoms with van der Waals surface area (Å²) < 4.78 is 12.9. The van der Waals surface area contributed by atoms with E-state index >= 15 is 0 Å². The average molecular weight is 260 g/mol. The van der Waals surface area contributed by atoms with Gasteiger partial charge in [0.05, 0.1) is 17.9 Å². The number of aromatic nitrogens is 1. The van der Waals surface area contributed by atoms with Crippen molar-refractivity contribution in [3.8, 4) is 0 Å². The van der Waals surface area contributed by atoms with Gasteiger partial charge in [0.15, 0.2) is 0 Å². The summed E-state index contributed by atoms with van der Waals surface area (Å²) in [4.78, 5) is 15.3. The number of rotatable bonds is 4. The summed E-state index contributed by atoms with van der Waals surface area (Å²) in [5.74, 6) is -1.04. The maximum absolute atomic E-state index is 12.9. The summed E-state index contributed by atoms with van der Waals surface area (Å²) in [5.41, 5.74) is 0.834. The van der Waals surface area contributed by atoms with E-state index in [-0.39, 0.29) is 12.1 Å². The molecule has 2 rings (SSSR count). The number of halogens is 1. The molecule has 98 valence electrons. The third-order valence-electron chi connectivity index (χ3n) is 2.61. The van der Waals surface area contributed by atoms with Gasteiger partial charge in [0, 0.05) is 12.7 Å². The predicted octanol–water partition coefficient (Wildman–Crippen LogP) is 1.68. The Bertz CT molecular complexity index is 560. The van der Waals surface area contributed by atoms with Crippen molar-refractivity contribution in [3.05, 3.63) is 65.7 Å². The van der Waals surface area contributed by atoms with E-state index < -0.39 is 17.8 Å². The Hall–Kier alpha value is -2.27. The fourth-order valence-electron chi connectivity index (χ4n) is 1.62. The Kier molecular flexibility index (Phi) is 4.20. The second kappa shape index (κ2) is 6.06. The minimum Gasteiger partial charge on any atom is -0.387 e. The lowest BCUT2D eigenvalue weighted by molar-refractivity contribution is 0.0915. The highest BCUT2D eigenvalue weighted by Gasteiger charge is 2.11. The summed E-state index contributed by atoms with van der Waals surface area (Å²) in [7, 11) is 0. The molecule has 1 aromatic carbocycles. The maximum atomic E-state index is 12.9. The summed E-state index contributed by atoms with van der Waals surface area (Å²) in [5, 5.41) is 12.4. The topological polar surface area (TPSA) is 62.2 Å². The number of nitrogens with zero attached hydrogens (tertiary/aromatic N) is 1. The molecule has 0 radical (unpaired) electrons. The van der Waals surface area contributed by atoms with E-state index in [1.807, 2.05) is 6.07 Å². The fourth-order valence-corrected chi connectivity index (χ4v) is 1.62. The zero-order chi connectivity index (χ0) is 13.7. The van der Waals surface area contributed by atoms with Crippen LogP contribution >= 0.6 is 0 Å². The lowest BCUT2D eigenvalue weighted by atomic mass is 10.1. The van der Waals surface area contributed by atoms with Crippen LogP contribution in [0.15, 0.2) is 48.8 Å². The van der Waals surface area contributed by atoms with E-state index in [0.717, 1.165) is 12.3 Å². The van der Waals surface area contributed by atoms with Gasteiger partial charge < -0.3 is 10.4 Å². The fraction of sp³-hybridized carbons (Fsp3) is 0.143. The van der Waals surface area contributed by atoms with E-state index in [4.69, 9.17) is 0 Å². The minimum atomic E-state index is -0.799. The molecule has 0 aliphatic rings. The second-order valence-electron chi connectivity index (χ2n) is 4.03. The first-order chi connectivity index (χ1) is 9.16. The van der Waals surface area contributed by atoms with Gasteiger partial charge in [-0.05, 0) is 11.6 Å². The van der Waals surface area contributed by atoms with Crippen LogP contribution in [0, 0.1) is 5.82 Å². The molecule has 0 aliphatic carbocycles. The summed E-state index contributed by atoms with van der Waals surface area (Å²) in [6.07, 6.45) is 1.50. The Morgan fingerprint density at radius 2 is 2.05 bits per heavy atom. The molecule has 1 heterocycles. The number of hydrogen-bond acceptors (Lipinski definition) is 3. The third kappa shape index (κ3) is 3.59. The number of aliphatic hydroxyl groups is 1. The Labute approximate surface area is 109 Å². The van der Waals surface area contributed by atoms with Gasteiger partial charge in [-0.25, -0.2) is 4.39 Å². The standard InChI is InChI=1S/C14H13FN2O2/c15-12-6-11(7-16-8-12)14(19)17-9-13(18)10-4-2-1-3-5-10/h1-8,13,18H,9H2,(H,17,19). The number of carbonyl (C=O) groups excluding carboxylic acids is 1. The van der Waals surface area contributed by atoms with Crippen LogP contribution in [-0.4, -0.2) is 22.5 Å². The molecule has 0 saturated heterocycles. The van der Waals surface area contributed by atoms with E-state index in [0.29, 0.717) is 5.56 Å². The summed E-state index contributed by atoms with van der Waals surface area (Å²) >= 11 is 0. The summed E-state index contributed by atoms with van der Waals surface area (Å²) in [6, 6.07) is 10.1. The van der Waals surface area contributed by atoms with Crippen molar-refractivity contribution in [2.75, 3.05) is 6.54 Å². The quantitative estimate of drug-likeness (QED) is 0.879. The van der Waals surface area contributed by atoms with Crippen LogP contribution in [0.4, 0.5) is 4.39 Å². The Morgan fingerprint density at radius 3 is 2.74 bits per heavy atom. The minimum absolute atomic E-state index is 0.0549. The second-order valence-corrected chi connectivity index (χ2v) is 4.03. The van der Waals surface area contributed by atoms with Crippen molar-refractivity contribution in [1.29, 1.82) is 0 Å². The van der Waals surface area contributed by atoms with Crippen LogP contribution in [0.3, 0.4) is 0 Å². The molecule has 0 bridgehead atoms. The van der Waals surface area contributed by atoms with E-state index in [2.05, 4.69) is 10.3 Å². The number of carbonyl (C=O) groups is 1. The van der Waals surface area contributed by atoms with Gasteiger partial charge in [-0.3, -0.25) is 9.78 Å². The SMILES string of the molecule is O=C(NCC(O)c1ccccc1)c1cncc(F)c1. The van der Waals surface area contributed by atoms with Crippen molar-refractivity contribution >= 4 is 5.91 Å². The van der Waals surface area contributed by atoms with Crippen LogP contribution < -0.4 is 5.32 Å². The number of benzene rings is 1. The molecule has 2 aromatic rings. The van der Waals surface area contributed by atoms with Gasteiger partial charge in [0.25, 0.3) is 5.91 Å². The lowest BCUT2D eigenvalue weighted by Crippen LogP contribution is -2.28. The first-order valence-corrected chi connectivity index (χ1v) is 5.78. The molecule has 1 unspecified atom stereocenters. The molecule has 1 aromatic heterocycles. The molecular formula is C14H13FN2O2. The van der Waals surface area contributed by atoms with Crippen LogP contribution in [0.1, 0.15) is 22.0 Å². The highest BCUT2D eigenvalue weighted by atomic mass is 19.1. The van der Waals surface area contributed by atoms with Crippen molar-refractivity contribution in [1.82, 2.24) is 10.3 Å². The zero-order valence-electron chi connectivity index (χ0n) is 10.1. The number of hydrogen-bond donors (Lipinski definition) is 2. The van der Waals surface area contributed by atoms with Gasteiger partial charge in [-0.2, -0.15) is 0 Å². The molecule has 4 nitrogen and oxygen atoms in total. The Balaban J connectivity index is 1.94. The van der Waals surface area contributed by atoms with Gasteiger partial charge in [0.2, 0.25) is 0 Å². The first-order valence-electron chi connectivity index (χ1n) is 5.78. The molecule has 0 spiro atoms. The zero-order valence-corrected chi connectivity index (χ0v) is 10.1. The van der Waals surface area contributed by atoms with Crippen LogP contribution in [-0.2, 0) is 0 Å². The van der Waals surface area contributed by atoms with E-state index in [9.17, 15) is 14.3 Å². The molecule has 2 N–H and O–H groups in total. The van der Waals surface area contributed by atoms with Crippen molar-refractivity contribution in [3.63, 3.8) is 0 Å². The highest BCUT2D eigenvalue weighted by molar-refractivity contribution is 5.93.